The van der Waals surface area contributed by atoms with E-state index < -0.39 is 0 Å². The fraction of sp³-hybridized carbons (Fsp3) is 0.667. The second kappa shape index (κ2) is 5.01. The number of nitrogens with zero attached hydrogens (tertiary/aromatic N) is 2. The van der Waals surface area contributed by atoms with Crippen LogP contribution in [0.1, 0.15) is 0 Å². The predicted octanol–water partition coefficient (Wildman–Crippen LogP) is 0.606. The molecule has 0 bridgehead atoms. The number of amides is 2. The maximum atomic E-state index is 11.0. The first kappa shape index (κ1) is 10.3. The number of aliphatic imine (C=N–C) groups is 1. The summed E-state index contributed by atoms with van der Waals surface area (Å²) in [5, 5.41) is 3.24. The molecule has 0 aliphatic rings. The zero-order valence-electron chi connectivity index (χ0n) is 7.21. The zero-order valence-corrected chi connectivity index (χ0v) is 8.03. The van der Waals surface area contributed by atoms with Gasteiger partial charge in [0.1, 0.15) is 0 Å². The van der Waals surface area contributed by atoms with Gasteiger partial charge in [0.15, 0.2) is 5.17 Å². The number of urea groups is 1. The highest BCUT2D eigenvalue weighted by atomic mass is 32.2. The quantitative estimate of drug-likeness (QED) is 0.433. The van der Waals surface area contributed by atoms with Crippen molar-refractivity contribution in [3.8, 4) is 0 Å². The molecule has 0 unspecified atom stereocenters. The maximum Gasteiger partial charge on any atom is 0.322 e. The lowest BCUT2D eigenvalue weighted by Crippen LogP contribution is -2.37. The molecule has 0 aromatic heterocycles. The van der Waals surface area contributed by atoms with Crippen molar-refractivity contribution < 1.29 is 4.79 Å². The smallest absolute Gasteiger partial charge is 0.322 e. The molecule has 64 valence electrons. The van der Waals surface area contributed by atoms with Crippen LogP contribution in [-0.2, 0) is 0 Å². The molecule has 0 aromatic rings. The van der Waals surface area contributed by atoms with Crippen LogP contribution >= 0.6 is 11.8 Å². The molecule has 0 heterocycles. The molecule has 0 saturated carbocycles. The third kappa shape index (κ3) is 3.87. The minimum absolute atomic E-state index is 0.153. The van der Waals surface area contributed by atoms with E-state index in [4.69, 9.17) is 0 Å². The van der Waals surface area contributed by atoms with Gasteiger partial charge < -0.3 is 4.90 Å². The van der Waals surface area contributed by atoms with E-state index in [0.717, 1.165) is 0 Å². The van der Waals surface area contributed by atoms with Crippen molar-refractivity contribution in [2.24, 2.45) is 4.99 Å². The fourth-order valence-electron chi connectivity index (χ4n) is 0.402. The molecule has 0 aliphatic carbocycles. The number of rotatable bonds is 0. The summed E-state index contributed by atoms with van der Waals surface area (Å²) in [5.41, 5.74) is 0. The normalized spacial score (nSPS) is 11.1. The average molecular weight is 175 g/mol. The molecule has 4 nitrogen and oxygen atoms in total. The SMILES string of the molecule is CN=C(NC(=O)N(C)C)SC. The first-order valence-electron chi connectivity index (χ1n) is 3.11. The molecule has 2 amide bonds. The zero-order chi connectivity index (χ0) is 8.85. The first-order chi connectivity index (χ1) is 5.11. The van der Waals surface area contributed by atoms with Gasteiger partial charge in [-0.15, -0.1) is 0 Å². The highest BCUT2D eigenvalue weighted by Gasteiger charge is 2.04. The number of thioether (sulfide) groups is 1. The molecule has 0 aromatic carbocycles. The Bertz CT molecular complexity index is 167. The lowest BCUT2D eigenvalue weighted by atomic mass is 10.8. The number of amidine groups is 1. The van der Waals surface area contributed by atoms with E-state index in [2.05, 4.69) is 10.3 Å². The van der Waals surface area contributed by atoms with Gasteiger partial charge in [-0.25, -0.2) is 4.79 Å². The third-order valence-corrected chi connectivity index (χ3v) is 1.69. The summed E-state index contributed by atoms with van der Waals surface area (Å²) in [6, 6.07) is -0.153. The van der Waals surface area contributed by atoms with E-state index >= 15 is 0 Å². The molecule has 0 radical (unpaired) electrons. The van der Waals surface area contributed by atoms with Gasteiger partial charge in [0.2, 0.25) is 0 Å². The van der Waals surface area contributed by atoms with Crippen LogP contribution in [0.15, 0.2) is 4.99 Å². The van der Waals surface area contributed by atoms with Gasteiger partial charge in [-0.2, -0.15) is 0 Å². The first-order valence-corrected chi connectivity index (χ1v) is 4.33. The summed E-state index contributed by atoms with van der Waals surface area (Å²) < 4.78 is 0. The summed E-state index contributed by atoms with van der Waals surface area (Å²) in [6.07, 6.45) is 1.86. The molecule has 0 rings (SSSR count). The van der Waals surface area contributed by atoms with Gasteiger partial charge >= 0.3 is 6.03 Å². The number of nitrogens with one attached hydrogen (secondary N) is 1. The summed E-state index contributed by atoms with van der Waals surface area (Å²) in [7, 11) is 5.01. The lowest BCUT2D eigenvalue weighted by molar-refractivity contribution is 0.222. The Morgan fingerprint density at radius 2 is 2.09 bits per heavy atom. The van der Waals surface area contributed by atoms with Crippen molar-refractivity contribution in [1.82, 2.24) is 10.2 Å². The van der Waals surface area contributed by atoms with Gasteiger partial charge in [0.05, 0.1) is 0 Å². The Morgan fingerprint density at radius 3 is 2.36 bits per heavy atom. The Morgan fingerprint density at radius 1 is 1.55 bits per heavy atom. The average Bonchev–Trinajstić information content (AvgIpc) is 1.99. The molecular formula is C6H13N3OS. The molecule has 5 heteroatoms. The van der Waals surface area contributed by atoms with Gasteiger partial charge in [-0.3, -0.25) is 10.3 Å². The van der Waals surface area contributed by atoms with Crippen molar-refractivity contribution in [2.75, 3.05) is 27.4 Å². The summed E-state index contributed by atoms with van der Waals surface area (Å²) in [5.74, 6) is 0. The topological polar surface area (TPSA) is 44.7 Å². The van der Waals surface area contributed by atoms with Gasteiger partial charge in [0, 0.05) is 21.1 Å². The van der Waals surface area contributed by atoms with Crippen LogP contribution in [0.5, 0.6) is 0 Å². The Kier molecular flexibility index (Phi) is 4.69. The van der Waals surface area contributed by atoms with E-state index in [-0.39, 0.29) is 6.03 Å². The van der Waals surface area contributed by atoms with Crippen LogP contribution in [-0.4, -0.2) is 43.5 Å². The predicted molar refractivity (Wildman–Crippen MR) is 49.1 cm³/mol. The monoisotopic (exact) mass is 175 g/mol. The van der Waals surface area contributed by atoms with Crippen molar-refractivity contribution in [3.05, 3.63) is 0 Å². The van der Waals surface area contributed by atoms with Crippen LogP contribution in [0, 0.1) is 0 Å². The molecule has 0 fully saturated rings. The van der Waals surface area contributed by atoms with Gasteiger partial charge in [-0.05, 0) is 6.26 Å². The molecule has 0 spiro atoms. The summed E-state index contributed by atoms with van der Waals surface area (Å²) >= 11 is 1.41. The van der Waals surface area contributed by atoms with Crippen molar-refractivity contribution in [2.45, 2.75) is 0 Å². The molecule has 0 saturated heterocycles. The Hall–Kier alpha value is -0.710. The standard InChI is InChI=1S/C6H13N3OS/c1-7-5(11-4)8-6(10)9(2)3/h1-4H3,(H,7,8,10). The largest absolute Gasteiger partial charge is 0.331 e. The number of carbonyl (C=O) groups excluding carboxylic acids is 1. The molecular weight excluding hydrogens is 162 g/mol. The van der Waals surface area contributed by atoms with E-state index in [0.29, 0.717) is 5.17 Å². The van der Waals surface area contributed by atoms with Gasteiger partial charge in [0.25, 0.3) is 0 Å². The van der Waals surface area contributed by atoms with E-state index in [1.807, 2.05) is 6.26 Å². The lowest BCUT2D eigenvalue weighted by Gasteiger charge is -2.11. The Labute approximate surface area is 71.1 Å². The van der Waals surface area contributed by atoms with Crippen LogP contribution in [0.25, 0.3) is 0 Å². The Balaban J connectivity index is 3.93. The molecule has 1 N–H and O–H groups in total. The molecule has 11 heavy (non-hydrogen) atoms. The third-order valence-electron chi connectivity index (χ3n) is 1.02. The van der Waals surface area contributed by atoms with E-state index in [1.54, 1.807) is 21.1 Å². The highest BCUT2D eigenvalue weighted by Crippen LogP contribution is 1.93. The number of hydrogen-bond acceptors (Lipinski definition) is 3. The number of hydrogen-bond donors (Lipinski definition) is 1. The van der Waals surface area contributed by atoms with Crippen LogP contribution < -0.4 is 5.32 Å². The summed E-state index contributed by atoms with van der Waals surface area (Å²) in [6.45, 7) is 0. The maximum absolute atomic E-state index is 11.0. The highest BCUT2D eigenvalue weighted by molar-refractivity contribution is 8.13. The number of carbonyl (C=O) groups is 1. The molecule has 0 aliphatic heterocycles. The second-order valence-electron chi connectivity index (χ2n) is 2.06. The van der Waals surface area contributed by atoms with Crippen molar-refractivity contribution in [3.63, 3.8) is 0 Å². The van der Waals surface area contributed by atoms with Crippen molar-refractivity contribution >= 4 is 23.0 Å². The van der Waals surface area contributed by atoms with E-state index in [1.165, 1.54) is 16.7 Å². The summed E-state index contributed by atoms with van der Waals surface area (Å²) in [4.78, 5) is 16.3. The fourth-order valence-corrected chi connectivity index (χ4v) is 0.773. The van der Waals surface area contributed by atoms with E-state index in [9.17, 15) is 4.79 Å². The van der Waals surface area contributed by atoms with Crippen molar-refractivity contribution in [1.29, 1.82) is 0 Å². The van der Waals surface area contributed by atoms with Crippen LogP contribution in [0.3, 0.4) is 0 Å². The minimum atomic E-state index is -0.153. The van der Waals surface area contributed by atoms with Crippen LogP contribution in [0.4, 0.5) is 4.79 Å². The second-order valence-corrected chi connectivity index (χ2v) is 2.85. The van der Waals surface area contributed by atoms with Gasteiger partial charge in [-0.1, -0.05) is 11.8 Å². The minimum Gasteiger partial charge on any atom is -0.331 e. The molecule has 0 atom stereocenters. The van der Waals surface area contributed by atoms with Crippen LogP contribution in [0.2, 0.25) is 0 Å².